The zero-order valence-corrected chi connectivity index (χ0v) is 12.9. The fourth-order valence-electron chi connectivity index (χ4n) is 2.75. The molecule has 2 heterocycles. The Kier molecular flexibility index (Phi) is 5.03. The van der Waals surface area contributed by atoms with Crippen LogP contribution in [-0.2, 0) is 17.9 Å². The number of piperidine rings is 1. The number of rotatable bonds is 6. The highest BCUT2D eigenvalue weighted by Crippen LogP contribution is 2.17. The minimum Gasteiger partial charge on any atom is -0.406 e. The van der Waals surface area contributed by atoms with Gasteiger partial charge in [0, 0.05) is 32.8 Å². The van der Waals surface area contributed by atoms with Crippen LogP contribution >= 0.6 is 0 Å². The van der Waals surface area contributed by atoms with Crippen molar-refractivity contribution >= 4 is 6.01 Å². The van der Waals surface area contributed by atoms with E-state index >= 15 is 0 Å². The molecule has 1 N–H and O–H groups in total. The highest BCUT2D eigenvalue weighted by molar-refractivity contribution is 5.20. The zero-order chi connectivity index (χ0) is 15.2. The first kappa shape index (κ1) is 15.0. The second-order valence-corrected chi connectivity index (χ2v) is 5.61. The van der Waals surface area contributed by atoms with E-state index < -0.39 is 0 Å². The second kappa shape index (κ2) is 7.38. The Morgan fingerprint density at radius 1 is 1.23 bits per heavy atom. The third-order valence-electron chi connectivity index (χ3n) is 3.90. The predicted molar refractivity (Wildman–Crippen MR) is 83.4 cm³/mol. The molecule has 0 saturated carbocycles. The Morgan fingerprint density at radius 2 is 2.00 bits per heavy atom. The molecule has 118 valence electrons. The molecular weight excluding hydrogens is 280 g/mol. The molecule has 0 radical (unpaired) electrons. The van der Waals surface area contributed by atoms with Crippen LogP contribution in [0.25, 0.3) is 0 Å². The van der Waals surface area contributed by atoms with Crippen LogP contribution in [0, 0.1) is 0 Å². The van der Waals surface area contributed by atoms with Crippen LogP contribution in [0.5, 0.6) is 0 Å². The predicted octanol–water partition coefficient (Wildman–Crippen LogP) is 2.29. The van der Waals surface area contributed by atoms with Crippen LogP contribution in [0.1, 0.15) is 24.3 Å². The molecule has 0 atom stereocenters. The number of hydrogen-bond acceptors (Lipinski definition) is 6. The number of ether oxygens (including phenoxy) is 1. The molecule has 3 rings (SSSR count). The smallest absolute Gasteiger partial charge is 0.315 e. The molecule has 0 amide bonds. The van der Waals surface area contributed by atoms with Gasteiger partial charge in [-0.15, -0.1) is 5.10 Å². The summed E-state index contributed by atoms with van der Waals surface area (Å²) in [7, 11) is 1.61. The number of methoxy groups -OCH3 is 1. The largest absolute Gasteiger partial charge is 0.406 e. The van der Waals surface area contributed by atoms with E-state index in [9.17, 15) is 0 Å². The van der Waals surface area contributed by atoms with Gasteiger partial charge < -0.3 is 14.5 Å². The lowest BCUT2D eigenvalue weighted by Crippen LogP contribution is -2.38. The third-order valence-corrected chi connectivity index (χ3v) is 3.90. The minimum atomic E-state index is 0.351. The summed E-state index contributed by atoms with van der Waals surface area (Å²) in [6.45, 7) is 3.52. The molecule has 1 aliphatic rings. The van der Waals surface area contributed by atoms with Crippen molar-refractivity contribution in [1.29, 1.82) is 0 Å². The van der Waals surface area contributed by atoms with Crippen molar-refractivity contribution in [2.24, 2.45) is 0 Å². The van der Waals surface area contributed by atoms with E-state index in [4.69, 9.17) is 9.15 Å². The summed E-state index contributed by atoms with van der Waals surface area (Å²) in [6, 6.07) is 11.5. The van der Waals surface area contributed by atoms with Gasteiger partial charge in [-0.25, -0.2) is 0 Å². The van der Waals surface area contributed by atoms with Gasteiger partial charge in [-0.05, 0) is 18.4 Å². The number of benzene rings is 1. The number of likely N-dealkylation sites (tertiary alicyclic amines) is 1. The summed E-state index contributed by atoms with van der Waals surface area (Å²) >= 11 is 0. The van der Waals surface area contributed by atoms with Crippen molar-refractivity contribution in [1.82, 2.24) is 15.1 Å². The van der Waals surface area contributed by atoms with Gasteiger partial charge in [-0.3, -0.25) is 4.90 Å². The van der Waals surface area contributed by atoms with Gasteiger partial charge >= 0.3 is 6.01 Å². The first-order chi connectivity index (χ1) is 10.8. The van der Waals surface area contributed by atoms with Gasteiger partial charge in [0.15, 0.2) is 0 Å². The topological polar surface area (TPSA) is 63.4 Å². The summed E-state index contributed by atoms with van der Waals surface area (Å²) in [4.78, 5) is 2.48. The van der Waals surface area contributed by atoms with Gasteiger partial charge in [-0.1, -0.05) is 35.4 Å². The minimum absolute atomic E-state index is 0.351. The van der Waals surface area contributed by atoms with Crippen LogP contribution in [0.4, 0.5) is 6.01 Å². The van der Waals surface area contributed by atoms with Crippen molar-refractivity contribution in [3.63, 3.8) is 0 Å². The average Bonchev–Trinajstić information content (AvgIpc) is 2.98. The zero-order valence-electron chi connectivity index (χ0n) is 12.9. The molecule has 2 aromatic rings. The Morgan fingerprint density at radius 3 is 2.73 bits per heavy atom. The second-order valence-electron chi connectivity index (χ2n) is 5.61. The fourth-order valence-corrected chi connectivity index (χ4v) is 2.75. The molecule has 1 fully saturated rings. The quantitative estimate of drug-likeness (QED) is 0.883. The van der Waals surface area contributed by atoms with E-state index in [-0.39, 0.29) is 0 Å². The molecule has 0 aliphatic carbocycles. The molecule has 1 aromatic carbocycles. The molecule has 0 unspecified atom stereocenters. The lowest BCUT2D eigenvalue weighted by atomic mass is 10.0. The number of aromatic nitrogens is 2. The average molecular weight is 302 g/mol. The highest BCUT2D eigenvalue weighted by atomic mass is 16.5. The Balaban J connectivity index is 1.45. The fraction of sp³-hybridized carbons (Fsp3) is 0.500. The summed E-state index contributed by atoms with van der Waals surface area (Å²) in [5, 5.41) is 11.2. The van der Waals surface area contributed by atoms with Crippen molar-refractivity contribution in [2.45, 2.75) is 32.0 Å². The van der Waals surface area contributed by atoms with Crippen LogP contribution in [-0.4, -0.2) is 41.3 Å². The van der Waals surface area contributed by atoms with Crippen molar-refractivity contribution in [3.05, 3.63) is 41.8 Å². The van der Waals surface area contributed by atoms with Crippen LogP contribution in [0.15, 0.2) is 34.7 Å². The lowest BCUT2D eigenvalue weighted by molar-refractivity contribution is 0.160. The molecule has 1 aromatic heterocycles. The van der Waals surface area contributed by atoms with Crippen LogP contribution < -0.4 is 5.32 Å². The number of nitrogens with zero attached hydrogens (tertiary/aromatic N) is 3. The molecule has 6 heteroatoms. The number of nitrogens with one attached hydrogen (secondary N) is 1. The van der Waals surface area contributed by atoms with Crippen LogP contribution in [0.3, 0.4) is 0 Å². The normalized spacial score (nSPS) is 16.8. The molecule has 0 bridgehead atoms. The summed E-state index contributed by atoms with van der Waals surface area (Å²) in [5.41, 5.74) is 1.37. The Labute approximate surface area is 130 Å². The van der Waals surface area contributed by atoms with Crippen molar-refractivity contribution < 1.29 is 9.15 Å². The van der Waals surface area contributed by atoms with E-state index in [2.05, 4.69) is 50.7 Å². The standard InChI is InChI=1S/C16H22N4O2/c1-21-12-15-18-19-16(22-15)17-14-7-9-20(10-8-14)11-13-5-3-2-4-6-13/h2-6,14H,7-12H2,1H3,(H,17,19). The molecule has 0 spiro atoms. The van der Waals surface area contributed by atoms with E-state index in [0.29, 0.717) is 24.6 Å². The van der Waals surface area contributed by atoms with Gasteiger partial charge in [0.2, 0.25) is 5.89 Å². The molecular formula is C16H22N4O2. The molecule has 22 heavy (non-hydrogen) atoms. The van der Waals surface area contributed by atoms with E-state index in [1.165, 1.54) is 5.56 Å². The van der Waals surface area contributed by atoms with E-state index in [1.807, 2.05) is 0 Å². The van der Waals surface area contributed by atoms with Gasteiger partial charge in [-0.2, -0.15) is 0 Å². The highest BCUT2D eigenvalue weighted by Gasteiger charge is 2.20. The maximum atomic E-state index is 5.48. The van der Waals surface area contributed by atoms with Gasteiger partial charge in [0.25, 0.3) is 0 Å². The molecule has 1 aliphatic heterocycles. The van der Waals surface area contributed by atoms with Crippen molar-refractivity contribution in [3.8, 4) is 0 Å². The maximum Gasteiger partial charge on any atom is 0.315 e. The maximum absolute atomic E-state index is 5.48. The lowest BCUT2D eigenvalue weighted by Gasteiger charge is -2.31. The van der Waals surface area contributed by atoms with E-state index in [0.717, 1.165) is 32.5 Å². The van der Waals surface area contributed by atoms with Gasteiger partial charge in [0.1, 0.15) is 6.61 Å². The summed E-state index contributed by atoms with van der Waals surface area (Å²) in [5.74, 6) is 0.506. The Bertz CT molecular complexity index is 565. The molecule has 6 nitrogen and oxygen atoms in total. The number of anilines is 1. The first-order valence-corrected chi connectivity index (χ1v) is 7.67. The number of hydrogen-bond donors (Lipinski definition) is 1. The monoisotopic (exact) mass is 302 g/mol. The van der Waals surface area contributed by atoms with Crippen molar-refractivity contribution in [2.75, 3.05) is 25.5 Å². The summed E-state index contributed by atoms with van der Waals surface area (Å²) < 4.78 is 10.4. The summed E-state index contributed by atoms with van der Waals surface area (Å²) in [6.07, 6.45) is 2.16. The third kappa shape index (κ3) is 4.05. The Hall–Kier alpha value is -1.92. The van der Waals surface area contributed by atoms with Gasteiger partial charge in [0.05, 0.1) is 0 Å². The molecule has 1 saturated heterocycles. The first-order valence-electron chi connectivity index (χ1n) is 7.67. The van der Waals surface area contributed by atoms with E-state index in [1.54, 1.807) is 7.11 Å². The SMILES string of the molecule is COCc1nnc(NC2CCN(Cc3ccccc3)CC2)o1. The van der Waals surface area contributed by atoms with Crippen LogP contribution in [0.2, 0.25) is 0 Å².